The van der Waals surface area contributed by atoms with Crippen molar-refractivity contribution in [1.29, 1.82) is 0 Å². The van der Waals surface area contributed by atoms with Gasteiger partial charge < -0.3 is 10.1 Å². The Morgan fingerprint density at radius 1 is 1.10 bits per heavy atom. The van der Waals surface area contributed by atoms with Gasteiger partial charge in [0.15, 0.2) is 0 Å². The standard InChI is InChI=1S/C18H21NO/c1-4-12-20-18-11-6-5-9-16(18)13-19-17-10-7-8-14(2)15(17)3/h4-11,19H,1,12-13H2,2-3H3. The van der Waals surface area contributed by atoms with Crippen LogP contribution in [-0.4, -0.2) is 6.61 Å². The maximum Gasteiger partial charge on any atom is 0.124 e. The van der Waals surface area contributed by atoms with Crippen LogP contribution in [0.15, 0.2) is 55.1 Å². The molecular formula is C18H21NO. The lowest BCUT2D eigenvalue weighted by atomic mass is 10.1. The van der Waals surface area contributed by atoms with Gasteiger partial charge in [-0.05, 0) is 37.1 Å². The molecule has 0 bridgehead atoms. The molecule has 2 heteroatoms. The Bertz CT molecular complexity index is 590. The zero-order valence-corrected chi connectivity index (χ0v) is 12.1. The number of anilines is 1. The molecule has 104 valence electrons. The largest absolute Gasteiger partial charge is 0.489 e. The van der Waals surface area contributed by atoms with Crippen LogP contribution in [0, 0.1) is 13.8 Å². The molecule has 0 amide bonds. The summed E-state index contributed by atoms with van der Waals surface area (Å²) in [4.78, 5) is 0. The number of hydrogen-bond donors (Lipinski definition) is 1. The first-order valence-electron chi connectivity index (χ1n) is 6.84. The van der Waals surface area contributed by atoms with Gasteiger partial charge in [-0.25, -0.2) is 0 Å². The minimum absolute atomic E-state index is 0.528. The summed E-state index contributed by atoms with van der Waals surface area (Å²) in [6.45, 7) is 9.22. The van der Waals surface area contributed by atoms with Crippen molar-refractivity contribution in [2.75, 3.05) is 11.9 Å². The second kappa shape index (κ2) is 6.80. The van der Waals surface area contributed by atoms with Crippen LogP contribution in [0.4, 0.5) is 5.69 Å². The van der Waals surface area contributed by atoms with Crippen LogP contribution in [0.25, 0.3) is 0 Å². The third-order valence-corrected chi connectivity index (χ3v) is 3.40. The first-order chi connectivity index (χ1) is 9.72. The monoisotopic (exact) mass is 267 g/mol. The van der Waals surface area contributed by atoms with Gasteiger partial charge in [0.1, 0.15) is 12.4 Å². The van der Waals surface area contributed by atoms with Crippen LogP contribution in [0.1, 0.15) is 16.7 Å². The van der Waals surface area contributed by atoms with Gasteiger partial charge >= 0.3 is 0 Å². The molecule has 0 heterocycles. The molecule has 0 radical (unpaired) electrons. The lowest BCUT2D eigenvalue weighted by Crippen LogP contribution is -2.04. The quantitative estimate of drug-likeness (QED) is 0.779. The highest BCUT2D eigenvalue weighted by Gasteiger charge is 2.04. The molecule has 2 aromatic carbocycles. The van der Waals surface area contributed by atoms with Gasteiger partial charge in [0.05, 0.1) is 0 Å². The van der Waals surface area contributed by atoms with E-state index >= 15 is 0 Å². The van der Waals surface area contributed by atoms with Crippen molar-refractivity contribution in [3.05, 3.63) is 71.8 Å². The lowest BCUT2D eigenvalue weighted by molar-refractivity contribution is 0.359. The highest BCUT2D eigenvalue weighted by atomic mass is 16.5. The summed E-state index contributed by atoms with van der Waals surface area (Å²) in [5.74, 6) is 0.908. The SMILES string of the molecule is C=CCOc1ccccc1CNc1cccc(C)c1C. The van der Waals surface area contributed by atoms with E-state index in [4.69, 9.17) is 4.74 Å². The third-order valence-electron chi connectivity index (χ3n) is 3.40. The molecule has 0 aliphatic carbocycles. The number of rotatable bonds is 6. The zero-order chi connectivity index (χ0) is 14.4. The molecule has 0 fully saturated rings. The Kier molecular flexibility index (Phi) is 4.83. The fraction of sp³-hybridized carbons (Fsp3) is 0.222. The van der Waals surface area contributed by atoms with Crippen LogP contribution in [0.2, 0.25) is 0 Å². The first-order valence-corrected chi connectivity index (χ1v) is 6.84. The molecule has 0 aromatic heterocycles. The van der Waals surface area contributed by atoms with Crippen molar-refractivity contribution in [3.8, 4) is 5.75 Å². The minimum Gasteiger partial charge on any atom is -0.489 e. The summed E-state index contributed by atoms with van der Waals surface area (Å²) in [5.41, 5.74) is 4.90. The molecule has 0 atom stereocenters. The number of aryl methyl sites for hydroxylation is 1. The molecule has 2 nitrogen and oxygen atoms in total. The van der Waals surface area contributed by atoms with Crippen LogP contribution < -0.4 is 10.1 Å². The summed E-state index contributed by atoms with van der Waals surface area (Å²) in [7, 11) is 0. The number of hydrogen-bond acceptors (Lipinski definition) is 2. The predicted octanol–water partition coefficient (Wildman–Crippen LogP) is 4.48. The van der Waals surface area contributed by atoms with Crippen molar-refractivity contribution in [2.24, 2.45) is 0 Å². The average molecular weight is 267 g/mol. The third kappa shape index (κ3) is 3.41. The van der Waals surface area contributed by atoms with Gasteiger partial charge in [0.2, 0.25) is 0 Å². The smallest absolute Gasteiger partial charge is 0.124 e. The van der Waals surface area contributed by atoms with E-state index in [1.807, 2.05) is 18.2 Å². The lowest BCUT2D eigenvalue weighted by Gasteiger charge is -2.14. The van der Waals surface area contributed by atoms with E-state index in [0.29, 0.717) is 6.61 Å². The summed E-state index contributed by atoms with van der Waals surface area (Å²) < 4.78 is 5.67. The summed E-state index contributed by atoms with van der Waals surface area (Å²) in [5, 5.41) is 3.48. The van der Waals surface area contributed by atoms with Gasteiger partial charge in [-0.3, -0.25) is 0 Å². The second-order valence-corrected chi connectivity index (χ2v) is 4.81. The van der Waals surface area contributed by atoms with Crippen molar-refractivity contribution >= 4 is 5.69 Å². The van der Waals surface area contributed by atoms with Crippen LogP contribution in [0.3, 0.4) is 0 Å². The average Bonchev–Trinajstić information content (AvgIpc) is 2.47. The normalized spacial score (nSPS) is 10.1. The van der Waals surface area contributed by atoms with Gasteiger partial charge in [-0.1, -0.05) is 43.0 Å². The number of benzene rings is 2. The maximum atomic E-state index is 5.67. The minimum atomic E-state index is 0.528. The molecule has 0 saturated heterocycles. The predicted molar refractivity (Wildman–Crippen MR) is 85.4 cm³/mol. The van der Waals surface area contributed by atoms with Crippen molar-refractivity contribution in [3.63, 3.8) is 0 Å². The summed E-state index contributed by atoms with van der Waals surface area (Å²) in [6.07, 6.45) is 1.76. The van der Waals surface area contributed by atoms with E-state index in [9.17, 15) is 0 Å². The van der Waals surface area contributed by atoms with Crippen LogP contribution in [0.5, 0.6) is 5.75 Å². The van der Waals surface area contributed by atoms with Crippen LogP contribution >= 0.6 is 0 Å². The summed E-state index contributed by atoms with van der Waals surface area (Å²) >= 11 is 0. The molecule has 0 saturated carbocycles. The summed E-state index contributed by atoms with van der Waals surface area (Å²) in [6, 6.07) is 14.4. The van der Waals surface area contributed by atoms with E-state index in [2.05, 4.69) is 50.0 Å². The highest BCUT2D eigenvalue weighted by Crippen LogP contribution is 2.22. The molecule has 2 aromatic rings. The van der Waals surface area contributed by atoms with E-state index in [1.165, 1.54) is 16.8 Å². The van der Waals surface area contributed by atoms with E-state index in [-0.39, 0.29) is 0 Å². The Morgan fingerprint density at radius 3 is 2.70 bits per heavy atom. The van der Waals surface area contributed by atoms with E-state index < -0.39 is 0 Å². The topological polar surface area (TPSA) is 21.3 Å². The molecule has 0 spiro atoms. The molecule has 2 rings (SSSR count). The highest BCUT2D eigenvalue weighted by molar-refractivity contribution is 5.54. The van der Waals surface area contributed by atoms with Gasteiger partial charge in [-0.15, -0.1) is 0 Å². The first kappa shape index (κ1) is 14.2. The van der Waals surface area contributed by atoms with E-state index in [0.717, 1.165) is 17.9 Å². The van der Waals surface area contributed by atoms with Gasteiger partial charge in [-0.2, -0.15) is 0 Å². The molecule has 20 heavy (non-hydrogen) atoms. The Labute approximate surface area is 121 Å². The molecule has 0 unspecified atom stereocenters. The van der Waals surface area contributed by atoms with Crippen LogP contribution in [-0.2, 0) is 6.54 Å². The van der Waals surface area contributed by atoms with E-state index in [1.54, 1.807) is 6.08 Å². The Morgan fingerprint density at radius 2 is 1.90 bits per heavy atom. The zero-order valence-electron chi connectivity index (χ0n) is 12.1. The molecular weight excluding hydrogens is 246 g/mol. The van der Waals surface area contributed by atoms with Crippen molar-refractivity contribution in [1.82, 2.24) is 0 Å². The Balaban J connectivity index is 2.10. The molecule has 1 N–H and O–H groups in total. The maximum absolute atomic E-state index is 5.67. The van der Waals surface area contributed by atoms with Crippen molar-refractivity contribution in [2.45, 2.75) is 20.4 Å². The fourth-order valence-electron chi connectivity index (χ4n) is 2.07. The number of nitrogens with one attached hydrogen (secondary N) is 1. The van der Waals surface area contributed by atoms with Crippen molar-refractivity contribution < 1.29 is 4.74 Å². The second-order valence-electron chi connectivity index (χ2n) is 4.81. The Hall–Kier alpha value is -2.22. The number of para-hydroxylation sites is 1. The fourth-order valence-corrected chi connectivity index (χ4v) is 2.07. The number of ether oxygens (including phenoxy) is 1. The van der Waals surface area contributed by atoms with Gasteiger partial charge in [0.25, 0.3) is 0 Å². The molecule has 0 aliphatic rings. The molecule has 0 aliphatic heterocycles. The van der Waals surface area contributed by atoms with Gasteiger partial charge in [0, 0.05) is 17.8 Å².